The standard InChI is InChI=1S/C16H25N3O2/c1-12-3-4-14(9-15(12)17)18-16(20)11-19(2)10-13-5-7-21-8-6-13/h3-4,9,13H,5-8,10-11,17H2,1-2H3,(H,18,20). The van der Waals surface area contributed by atoms with Gasteiger partial charge in [0.1, 0.15) is 0 Å². The molecule has 3 N–H and O–H groups in total. The smallest absolute Gasteiger partial charge is 0.238 e. The van der Waals surface area contributed by atoms with E-state index in [9.17, 15) is 4.79 Å². The summed E-state index contributed by atoms with van der Waals surface area (Å²) in [5.74, 6) is 0.624. The Morgan fingerprint density at radius 3 is 2.81 bits per heavy atom. The van der Waals surface area contributed by atoms with Crippen LogP contribution >= 0.6 is 0 Å². The summed E-state index contributed by atoms with van der Waals surface area (Å²) in [6.07, 6.45) is 2.17. The zero-order chi connectivity index (χ0) is 15.2. The van der Waals surface area contributed by atoms with Crippen LogP contribution in [-0.2, 0) is 9.53 Å². The Hall–Kier alpha value is -1.59. The molecule has 1 aromatic rings. The number of hydrogen-bond acceptors (Lipinski definition) is 4. The summed E-state index contributed by atoms with van der Waals surface area (Å²) in [4.78, 5) is 14.1. The van der Waals surface area contributed by atoms with E-state index in [1.165, 1.54) is 0 Å². The van der Waals surface area contributed by atoms with E-state index in [2.05, 4.69) is 10.2 Å². The third-order valence-corrected chi connectivity index (χ3v) is 3.89. The first kappa shape index (κ1) is 15.8. The van der Waals surface area contributed by atoms with Crippen molar-refractivity contribution in [1.82, 2.24) is 4.90 Å². The van der Waals surface area contributed by atoms with Crippen LogP contribution in [0.1, 0.15) is 18.4 Å². The minimum absolute atomic E-state index is 0.00666. The van der Waals surface area contributed by atoms with Gasteiger partial charge in [-0.05, 0) is 50.4 Å². The molecule has 1 aliphatic heterocycles. The van der Waals surface area contributed by atoms with Crippen molar-refractivity contribution in [3.05, 3.63) is 23.8 Å². The van der Waals surface area contributed by atoms with Crippen LogP contribution in [0, 0.1) is 12.8 Å². The molecule has 1 amide bonds. The van der Waals surface area contributed by atoms with Crippen LogP contribution in [0.25, 0.3) is 0 Å². The Morgan fingerprint density at radius 2 is 2.14 bits per heavy atom. The van der Waals surface area contributed by atoms with Gasteiger partial charge in [0.15, 0.2) is 0 Å². The fourth-order valence-electron chi connectivity index (χ4n) is 2.60. The summed E-state index contributed by atoms with van der Waals surface area (Å²) in [7, 11) is 1.98. The maximum Gasteiger partial charge on any atom is 0.238 e. The molecule has 1 fully saturated rings. The van der Waals surface area contributed by atoms with Crippen molar-refractivity contribution in [3.63, 3.8) is 0 Å². The van der Waals surface area contributed by atoms with Crippen molar-refractivity contribution in [2.24, 2.45) is 5.92 Å². The van der Waals surface area contributed by atoms with Gasteiger partial charge in [-0.2, -0.15) is 0 Å². The van der Waals surface area contributed by atoms with Crippen molar-refractivity contribution in [2.45, 2.75) is 19.8 Å². The number of nitrogens with two attached hydrogens (primary N) is 1. The van der Waals surface area contributed by atoms with Gasteiger partial charge in [-0.3, -0.25) is 9.69 Å². The molecule has 0 radical (unpaired) electrons. The number of ether oxygens (including phenoxy) is 1. The van der Waals surface area contributed by atoms with E-state index in [0.717, 1.165) is 43.9 Å². The van der Waals surface area contributed by atoms with E-state index in [0.29, 0.717) is 18.2 Å². The lowest BCUT2D eigenvalue weighted by Crippen LogP contribution is -2.35. The van der Waals surface area contributed by atoms with Crippen LogP contribution in [-0.4, -0.2) is 44.2 Å². The van der Waals surface area contributed by atoms with Gasteiger partial charge in [0.2, 0.25) is 5.91 Å². The molecule has 0 unspecified atom stereocenters. The van der Waals surface area contributed by atoms with E-state index in [1.807, 2.05) is 26.1 Å². The average molecular weight is 291 g/mol. The van der Waals surface area contributed by atoms with Gasteiger partial charge in [-0.15, -0.1) is 0 Å². The second-order valence-corrected chi connectivity index (χ2v) is 5.87. The number of aryl methyl sites for hydroxylation is 1. The maximum atomic E-state index is 12.0. The van der Waals surface area contributed by atoms with Crippen molar-refractivity contribution in [3.8, 4) is 0 Å². The number of carbonyl (C=O) groups excluding carboxylic acids is 1. The van der Waals surface area contributed by atoms with E-state index < -0.39 is 0 Å². The Balaban J connectivity index is 1.78. The maximum absolute atomic E-state index is 12.0. The summed E-state index contributed by atoms with van der Waals surface area (Å²) >= 11 is 0. The highest BCUT2D eigenvalue weighted by molar-refractivity contribution is 5.92. The molecule has 0 bridgehead atoms. The number of amides is 1. The van der Waals surface area contributed by atoms with Gasteiger partial charge < -0.3 is 15.8 Å². The van der Waals surface area contributed by atoms with Crippen molar-refractivity contribution in [1.29, 1.82) is 0 Å². The van der Waals surface area contributed by atoms with Gasteiger partial charge in [0.05, 0.1) is 6.54 Å². The number of rotatable bonds is 5. The van der Waals surface area contributed by atoms with E-state index >= 15 is 0 Å². The van der Waals surface area contributed by atoms with Crippen LogP contribution in [0.2, 0.25) is 0 Å². The molecule has 1 aromatic carbocycles. The molecule has 1 aliphatic rings. The van der Waals surface area contributed by atoms with Gasteiger partial charge in [-0.25, -0.2) is 0 Å². The van der Waals surface area contributed by atoms with Crippen LogP contribution in [0.3, 0.4) is 0 Å². The predicted molar refractivity (Wildman–Crippen MR) is 85.3 cm³/mol. The van der Waals surface area contributed by atoms with E-state index in [4.69, 9.17) is 10.5 Å². The lowest BCUT2D eigenvalue weighted by molar-refractivity contribution is -0.117. The van der Waals surface area contributed by atoms with Gasteiger partial charge >= 0.3 is 0 Å². The Morgan fingerprint density at radius 1 is 1.43 bits per heavy atom. The third kappa shape index (κ3) is 5.02. The molecular formula is C16H25N3O2. The molecule has 0 spiro atoms. The van der Waals surface area contributed by atoms with Gasteiger partial charge in [-0.1, -0.05) is 6.07 Å². The molecule has 2 rings (SSSR count). The minimum Gasteiger partial charge on any atom is -0.398 e. The second kappa shape index (κ2) is 7.43. The van der Waals surface area contributed by atoms with Gasteiger partial charge in [0, 0.05) is 31.1 Å². The number of hydrogen-bond donors (Lipinski definition) is 2. The number of nitrogens with zero attached hydrogens (tertiary/aromatic N) is 1. The molecule has 1 heterocycles. The minimum atomic E-state index is -0.00666. The average Bonchev–Trinajstić information content (AvgIpc) is 2.43. The molecule has 5 heteroatoms. The summed E-state index contributed by atoms with van der Waals surface area (Å²) in [6, 6.07) is 5.59. The highest BCUT2D eigenvalue weighted by Crippen LogP contribution is 2.17. The first-order valence-electron chi connectivity index (χ1n) is 7.47. The Kier molecular flexibility index (Phi) is 5.59. The molecule has 21 heavy (non-hydrogen) atoms. The number of nitrogens with one attached hydrogen (secondary N) is 1. The van der Waals surface area contributed by atoms with Crippen molar-refractivity contribution < 1.29 is 9.53 Å². The van der Waals surface area contributed by atoms with E-state index in [1.54, 1.807) is 6.07 Å². The summed E-state index contributed by atoms with van der Waals surface area (Å²) in [5.41, 5.74) is 8.32. The third-order valence-electron chi connectivity index (χ3n) is 3.89. The molecule has 0 saturated carbocycles. The number of carbonyl (C=O) groups is 1. The van der Waals surface area contributed by atoms with E-state index in [-0.39, 0.29) is 5.91 Å². The summed E-state index contributed by atoms with van der Waals surface area (Å²) in [6.45, 7) is 4.96. The lowest BCUT2D eigenvalue weighted by atomic mass is 10.00. The van der Waals surface area contributed by atoms with Crippen LogP contribution in [0.5, 0.6) is 0 Å². The molecule has 0 atom stereocenters. The zero-order valence-corrected chi connectivity index (χ0v) is 12.9. The highest BCUT2D eigenvalue weighted by atomic mass is 16.5. The zero-order valence-electron chi connectivity index (χ0n) is 12.9. The Bertz CT molecular complexity index is 484. The summed E-state index contributed by atoms with van der Waals surface area (Å²) in [5, 5.41) is 2.89. The predicted octanol–water partition coefficient (Wildman–Crippen LogP) is 1.87. The second-order valence-electron chi connectivity index (χ2n) is 5.87. The quantitative estimate of drug-likeness (QED) is 0.813. The van der Waals surface area contributed by atoms with Crippen molar-refractivity contribution >= 4 is 17.3 Å². The Labute approximate surface area is 126 Å². The molecule has 1 saturated heterocycles. The first-order valence-corrected chi connectivity index (χ1v) is 7.47. The fourth-order valence-corrected chi connectivity index (χ4v) is 2.60. The SMILES string of the molecule is Cc1ccc(NC(=O)CN(C)CC2CCOCC2)cc1N. The number of benzene rings is 1. The fraction of sp³-hybridized carbons (Fsp3) is 0.562. The number of likely N-dealkylation sites (N-methyl/N-ethyl adjacent to an activating group) is 1. The van der Waals surface area contributed by atoms with Crippen molar-refractivity contribution in [2.75, 3.05) is 44.4 Å². The molecule has 0 aliphatic carbocycles. The monoisotopic (exact) mass is 291 g/mol. The van der Waals surface area contributed by atoms with Crippen LogP contribution in [0.15, 0.2) is 18.2 Å². The number of nitrogen functional groups attached to an aromatic ring is 1. The number of anilines is 2. The molecule has 5 nitrogen and oxygen atoms in total. The topological polar surface area (TPSA) is 67.6 Å². The first-order chi connectivity index (χ1) is 10.0. The molecular weight excluding hydrogens is 266 g/mol. The normalized spacial score (nSPS) is 16.1. The van der Waals surface area contributed by atoms with Crippen LogP contribution in [0.4, 0.5) is 11.4 Å². The largest absolute Gasteiger partial charge is 0.398 e. The summed E-state index contributed by atoms with van der Waals surface area (Å²) < 4.78 is 5.35. The molecule has 116 valence electrons. The van der Waals surface area contributed by atoms with Gasteiger partial charge in [0.25, 0.3) is 0 Å². The highest BCUT2D eigenvalue weighted by Gasteiger charge is 2.17. The lowest BCUT2D eigenvalue weighted by Gasteiger charge is -2.26. The van der Waals surface area contributed by atoms with Crippen LogP contribution < -0.4 is 11.1 Å². The molecule has 0 aromatic heterocycles.